The summed E-state index contributed by atoms with van der Waals surface area (Å²) in [7, 11) is 0. The van der Waals surface area contributed by atoms with Crippen molar-refractivity contribution < 1.29 is 13.9 Å². The number of piperazine rings is 1. The average Bonchev–Trinajstić information content (AvgIpc) is 2.81. The van der Waals surface area contributed by atoms with Gasteiger partial charge in [0.25, 0.3) is 5.91 Å². The van der Waals surface area contributed by atoms with Crippen LogP contribution in [0.1, 0.15) is 27.0 Å². The number of halogens is 1. The van der Waals surface area contributed by atoms with Crippen LogP contribution in [0.5, 0.6) is 5.75 Å². The zero-order chi connectivity index (χ0) is 21.6. The van der Waals surface area contributed by atoms with Gasteiger partial charge in [-0.3, -0.25) is 9.69 Å². The lowest BCUT2D eigenvalue weighted by molar-refractivity contribution is 0.0628. The maximum absolute atomic E-state index is 13.0. The zero-order valence-electron chi connectivity index (χ0n) is 17.8. The molecule has 3 aromatic carbocycles. The van der Waals surface area contributed by atoms with Crippen molar-refractivity contribution in [3.05, 3.63) is 101 Å². The van der Waals surface area contributed by atoms with E-state index in [1.165, 1.54) is 23.3 Å². The molecule has 4 rings (SSSR count). The van der Waals surface area contributed by atoms with E-state index in [9.17, 15) is 9.18 Å². The predicted octanol–water partition coefficient (Wildman–Crippen LogP) is 4.67. The second-order valence-corrected chi connectivity index (χ2v) is 7.99. The summed E-state index contributed by atoms with van der Waals surface area (Å²) in [4.78, 5) is 17.2. The Balaban J connectivity index is 1.26. The molecular formula is C26H27FN2O2. The standard InChI is InChI=1S/C26H27FN2O2/c1-20-2-4-21(5-3-20)18-28-14-16-29(17-15-28)26(30)23-8-6-22(7-9-23)19-31-25-12-10-24(27)11-13-25/h2-13H,14-19H2,1H3. The molecule has 0 N–H and O–H groups in total. The molecular weight excluding hydrogens is 391 g/mol. The number of benzene rings is 3. The smallest absolute Gasteiger partial charge is 0.253 e. The molecule has 1 heterocycles. The van der Waals surface area contributed by atoms with Gasteiger partial charge in [0, 0.05) is 38.3 Å². The molecule has 0 aliphatic carbocycles. The van der Waals surface area contributed by atoms with Gasteiger partial charge >= 0.3 is 0 Å². The fraction of sp³-hybridized carbons (Fsp3) is 0.269. The first kappa shape index (κ1) is 21.1. The molecule has 0 aromatic heterocycles. The van der Waals surface area contributed by atoms with Crippen LogP contribution < -0.4 is 4.74 Å². The Bertz CT molecular complexity index is 993. The van der Waals surface area contributed by atoms with Crippen molar-refractivity contribution in [3.63, 3.8) is 0 Å². The van der Waals surface area contributed by atoms with Gasteiger partial charge in [-0.25, -0.2) is 4.39 Å². The third kappa shape index (κ3) is 5.70. The number of aryl methyl sites for hydroxylation is 1. The topological polar surface area (TPSA) is 32.8 Å². The first-order valence-electron chi connectivity index (χ1n) is 10.6. The monoisotopic (exact) mass is 418 g/mol. The van der Waals surface area contributed by atoms with E-state index in [0.29, 0.717) is 17.9 Å². The van der Waals surface area contributed by atoms with E-state index in [2.05, 4.69) is 36.1 Å². The number of nitrogens with zero attached hydrogens (tertiary/aromatic N) is 2. The Labute approximate surface area is 182 Å². The molecule has 0 unspecified atom stereocenters. The molecule has 1 amide bonds. The molecule has 160 valence electrons. The lowest BCUT2D eigenvalue weighted by Gasteiger charge is -2.34. The second kappa shape index (κ2) is 9.75. The minimum atomic E-state index is -0.286. The minimum Gasteiger partial charge on any atom is -0.489 e. The summed E-state index contributed by atoms with van der Waals surface area (Å²) >= 11 is 0. The van der Waals surface area contributed by atoms with Gasteiger partial charge in [0.1, 0.15) is 18.2 Å². The number of rotatable bonds is 6. The fourth-order valence-electron chi connectivity index (χ4n) is 3.68. The minimum absolute atomic E-state index is 0.0704. The first-order chi connectivity index (χ1) is 15.1. The van der Waals surface area contributed by atoms with Crippen molar-refractivity contribution in [1.29, 1.82) is 0 Å². The van der Waals surface area contributed by atoms with E-state index in [-0.39, 0.29) is 11.7 Å². The highest BCUT2D eigenvalue weighted by Crippen LogP contribution is 2.16. The van der Waals surface area contributed by atoms with Gasteiger partial charge in [-0.2, -0.15) is 0 Å². The van der Waals surface area contributed by atoms with E-state index in [4.69, 9.17) is 4.74 Å². The Morgan fingerprint density at radius 3 is 2.10 bits per heavy atom. The molecule has 0 radical (unpaired) electrons. The van der Waals surface area contributed by atoms with Gasteiger partial charge in [0.15, 0.2) is 0 Å². The third-order valence-corrected chi connectivity index (χ3v) is 5.61. The summed E-state index contributed by atoms with van der Waals surface area (Å²) in [5, 5.41) is 0. The number of amides is 1. The summed E-state index contributed by atoms with van der Waals surface area (Å²) in [6.45, 7) is 6.62. The van der Waals surface area contributed by atoms with Gasteiger partial charge in [-0.1, -0.05) is 42.0 Å². The molecule has 0 bridgehead atoms. The van der Waals surface area contributed by atoms with Crippen molar-refractivity contribution in [1.82, 2.24) is 9.80 Å². The van der Waals surface area contributed by atoms with Gasteiger partial charge in [-0.05, 0) is 54.4 Å². The predicted molar refractivity (Wildman–Crippen MR) is 120 cm³/mol. The fourth-order valence-corrected chi connectivity index (χ4v) is 3.68. The molecule has 3 aromatic rings. The van der Waals surface area contributed by atoms with Crippen molar-refractivity contribution in [2.45, 2.75) is 20.1 Å². The van der Waals surface area contributed by atoms with Crippen LogP contribution >= 0.6 is 0 Å². The Morgan fingerprint density at radius 1 is 0.839 bits per heavy atom. The highest BCUT2D eigenvalue weighted by molar-refractivity contribution is 5.94. The quantitative estimate of drug-likeness (QED) is 0.583. The summed E-state index contributed by atoms with van der Waals surface area (Å²) in [6, 6.07) is 22.1. The van der Waals surface area contributed by atoms with E-state index >= 15 is 0 Å². The number of carbonyl (C=O) groups excluding carboxylic acids is 1. The summed E-state index contributed by atoms with van der Waals surface area (Å²) in [5.74, 6) is 0.400. The molecule has 5 heteroatoms. The summed E-state index contributed by atoms with van der Waals surface area (Å²) < 4.78 is 18.6. The lowest BCUT2D eigenvalue weighted by Crippen LogP contribution is -2.48. The molecule has 31 heavy (non-hydrogen) atoms. The van der Waals surface area contributed by atoms with Crippen LogP contribution in [0.25, 0.3) is 0 Å². The number of ether oxygens (including phenoxy) is 1. The number of carbonyl (C=O) groups is 1. The van der Waals surface area contributed by atoms with Crippen molar-refractivity contribution in [2.24, 2.45) is 0 Å². The third-order valence-electron chi connectivity index (χ3n) is 5.61. The van der Waals surface area contributed by atoms with Crippen LogP contribution in [0.3, 0.4) is 0 Å². The Morgan fingerprint density at radius 2 is 1.45 bits per heavy atom. The van der Waals surface area contributed by atoms with Gasteiger partial charge in [0.05, 0.1) is 0 Å². The summed E-state index contributed by atoms with van der Waals surface area (Å²) in [5.41, 5.74) is 4.23. The zero-order valence-corrected chi connectivity index (χ0v) is 17.8. The molecule has 1 aliphatic rings. The molecule has 1 saturated heterocycles. The number of hydrogen-bond acceptors (Lipinski definition) is 3. The SMILES string of the molecule is Cc1ccc(CN2CCN(C(=O)c3ccc(COc4ccc(F)cc4)cc3)CC2)cc1. The molecule has 0 saturated carbocycles. The molecule has 0 atom stereocenters. The van der Waals surface area contributed by atoms with Crippen LogP contribution in [0.4, 0.5) is 4.39 Å². The average molecular weight is 419 g/mol. The molecule has 0 spiro atoms. The molecule has 4 nitrogen and oxygen atoms in total. The largest absolute Gasteiger partial charge is 0.489 e. The van der Waals surface area contributed by atoms with Gasteiger partial charge in [-0.15, -0.1) is 0 Å². The maximum Gasteiger partial charge on any atom is 0.253 e. The number of hydrogen-bond donors (Lipinski definition) is 0. The lowest BCUT2D eigenvalue weighted by atomic mass is 10.1. The second-order valence-electron chi connectivity index (χ2n) is 7.99. The van der Waals surface area contributed by atoms with Crippen LogP contribution in [-0.2, 0) is 13.2 Å². The highest BCUT2D eigenvalue weighted by atomic mass is 19.1. The Kier molecular flexibility index (Phi) is 6.63. The van der Waals surface area contributed by atoms with E-state index in [0.717, 1.165) is 38.3 Å². The van der Waals surface area contributed by atoms with Crippen LogP contribution in [-0.4, -0.2) is 41.9 Å². The van der Waals surface area contributed by atoms with E-state index < -0.39 is 0 Å². The van der Waals surface area contributed by atoms with Gasteiger partial charge < -0.3 is 9.64 Å². The van der Waals surface area contributed by atoms with Gasteiger partial charge in [0.2, 0.25) is 0 Å². The van der Waals surface area contributed by atoms with Crippen LogP contribution in [0, 0.1) is 12.7 Å². The maximum atomic E-state index is 13.0. The molecule has 1 fully saturated rings. The van der Waals surface area contributed by atoms with Crippen LogP contribution in [0.15, 0.2) is 72.8 Å². The normalized spacial score (nSPS) is 14.5. The van der Waals surface area contributed by atoms with E-state index in [1.807, 2.05) is 29.2 Å². The molecule has 1 aliphatic heterocycles. The Hall–Kier alpha value is -3.18. The van der Waals surface area contributed by atoms with Crippen molar-refractivity contribution >= 4 is 5.91 Å². The summed E-state index contributed by atoms with van der Waals surface area (Å²) in [6.07, 6.45) is 0. The first-order valence-corrected chi connectivity index (χ1v) is 10.6. The van der Waals surface area contributed by atoms with Crippen molar-refractivity contribution in [3.8, 4) is 5.75 Å². The van der Waals surface area contributed by atoms with E-state index in [1.54, 1.807) is 12.1 Å². The highest BCUT2D eigenvalue weighted by Gasteiger charge is 2.22. The van der Waals surface area contributed by atoms with Crippen molar-refractivity contribution in [2.75, 3.05) is 26.2 Å². The van der Waals surface area contributed by atoms with Crippen LogP contribution in [0.2, 0.25) is 0 Å².